The summed E-state index contributed by atoms with van der Waals surface area (Å²) in [5.74, 6) is -4.49. The molecular weight excluding hydrogens is 648 g/mol. The highest BCUT2D eigenvalue weighted by atomic mass is 32.2. The summed E-state index contributed by atoms with van der Waals surface area (Å²) < 4.78 is 68.5. The summed E-state index contributed by atoms with van der Waals surface area (Å²) in [6.07, 6.45) is 4.38. The highest BCUT2D eigenvalue weighted by Gasteiger charge is 2.28. The highest BCUT2D eigenvalue weighted by molar-refractivity contribution is 7.86. The molecule has 0 aliphatic heterocycles. The zero-order valence-electron chi connectivity index (χ0n) is 22.8. The number of rotatable bonds is 10. The van der Waals surface area contributed by atoms with Crippen LogP contribution in [0.15, 0.2) is 103 Å². The van der Waals surface area contributed by atoms with E-state index in [1.165, 1.54) is 60.7 Å². The molecule has 46 heavy (non-hydrogen) atoms. The number of azo groups is 2. The second-order valence-electron chi connectivity index (χ2n) is 9.12. The van der Waals surface area contributed by atoms with Crippen molar-refractivity contribution >= 4 is 77.8 Å². The first kappa shape index (κ1) is 33.1. The van der Waals surface area contributed by atoms with Crippen LogP contribution < -0.4 is 0 Å². The number of carboxylic acid groups (broad SMARTS) is 2. The van der Waals surface area contributed by atoms with Gasteiger partial charge in [0.05, 0.1) is 16.8 Å². The smallest absolute Gasteiger partial charge is 0.328 e. The van der Waals surface area contributed by atoms with Gasteiger partial charge >= 0.3 is 11.9 Å². The van der Waals surface area contributed by atoms with Gasteiger partial charge in [0.15, 0.2) is 11.5 Å². The topological polar surface area (TPSA) is 273 Å². The predicted molar refractivity (Wildman–Crippen MR) is 161 cm³/mol. The lowest BCUT2D eigenvalue weighted by Gasteiger charge is -2.13. The minimum absolute atomic E-state index is 0.0955. The van der Waals surface area contributed by atoms with Crippen LogP contribution in [0.5, 0.6) is 11.5 Å². The maximum atomic E-state index is 12.2. The van der Waals surface area contributed by atoms with Crippen molar-refractivity contribution in [3.8, 4) is 11.5 Å². The Morgan fingerprint density at radius 1 is 0.587 bits per heavy atom. The van der Waals surface area contributed by atoms with E-state index in [1.807, 2.05) is 0 Å². The molecule has 0 aliphatic carbocycles. The molecule has 4 aromatic rings. The van der Waals surface area contributed by atoms with Crippen LogP contribution in [0.3, 0.4) is 0 Å². The van der Waals surface area contributed by atoms with Crippen molar-refractivity contribution in [2.75, 3.05) is 0 Å². The summed E-state index contributed by atoms with van der Waals surface area (Å²) in [7, 11) is -10.3. The Morgan fingerprint density at radius 3 is 1.24 bits per heavy atom. The molecule has 0 bridgehead atoms. The van der Waals surface area contributed by atoms with Crippen molar-refractivity contribution in [1.29, 1.82) is 0 Å². The van der Waals surface area contributed by atoms with Gasteiger partial charge in [0.1, 0.15) is 21.2 Å². The van der Waals surface area contributed by atoms with Crippen molar-refractivity contribution in [1.82, 2.24) is 0 Å². The van der Waals surface area contributed by atoms with Crippen LogP contribution in [0.4, 0.5) is 22.7 Å². The Bertz CT molecular complexity index is 2060. The van der Waals surface area contributed by atoms with Gasteiger partial charge in [-0.25, -0.2) is 9.59 Å². The molecule has 0 aromatic heterocycles. The van der Waals surface area contributed by atoms with Crippen LogP contribution in [0, 0.1) is 0 Å². The van der Waals surface area contributed by atoms with E-state index < -0.39 is 75.6 Å². The summed E-state index contributed by atoms with van der Waals surface area (Å²) in [4.78, 5) is 19.3. The minimum Gasteiger partial charge on any atom is -0.505 e. The van der Waals surface area contributed by atoms with Crippen molar-refractivity contribution in [2.45, 2.75) is 9.79 Å². The van der Waals surface area contributed by atoms with Gasteiger partial charge in [-0.1, -0.05) is 24.3 Å². The summed E-state index contributed by atoms with van der Waals surface area (Å²) in [6.45, 7) is 0. The minimum atomic E-state index is -5.16. The number of fused-ring (bicyclic) bond motifs is 1. The van der Waals surface area contributed by atoms with Gasteiger partial charge in [0.25, 0.3) is 20.2 Å². The fourth-order valence-electron chi connectivity index (χ4n) is 3.90. The number of hydrogen-bond donors (Lipinski definition) is 6. The molecule has 0 aliphatic rings. The third kappa shape index (κ3) is 7.81. The lowest BCUT2D eigenvalue weighted by Crippen LogP contribution is -2.01. The summed E-state index contributed by atoms with van der Waals surface area (Å²) >= 11 is 0. The maximum absolute atomic E-state index is 12.2. The van der Waals surface area contributed by atoms with Crippen LogP contribution in [0.1, 0.15) is 11.1 Å². The molecule has 16 nitrogen and oxygen atoms in total. The average molecular weight is 669 g/mol. The van der Waals surface area contributed by atoms with Gasteiger partial charge in [-0.05, 0) is 65.1 Å². The van der Waals surface area contributed by atoms with Crippen molar-refractivity contribution in [3.05, 3.63) is 83.9 Å². The Hall–Kier alpha value is -5.82. The van der Waals surface area contributed by atoms with Crippen LogP contribution in [0.2, 0.25) is 0 Å². The zero-order chi connectivity index (χ0) is 33.8. The number of phenols is 2. The summed E-state index contributed by atoms with van der Waals surface area (Å²) in [5.41, 5.74) is -0.571. The van der Waals surface area contributed by atoms with Crippen molar-refractivity contribution in [2.24, 2.45) is 20.5 Å². The number of carboxylic acids is 2. The van der Waals surface area contributed by atoms with E-state index in [0.717, 1.165) is 12.2 Å². The van der Waals surface area contributed by atoms with E-state index in [4.69, 9.17) is 10.2 Å². The van der Waals surface area contributed by atoms with Crippen LogP contribution in [-0.2, 0) is 29.8 Å². The molecule has 0 heterocycles. The number of aromatic hydroxyl groups is 2. The van der Waals surface area contributed by atoms with Gasteiger partial charge in [0.2, 0.25) is 0 Å². The maximum Gasteiger partial charge on any atom is 0.328 e. The third-order valence-electron chi connectivity index (χ3n) is 5.96. The van der Waals surface area contributed by atoms with Gasteiger partial charge in [-0.15, -0.1) is 10.2 Å². The highest BCUT2D eigenvalue weighted by Crippen LogP contribution is 2.50. The SMILES string of the molecule is O=C(O)/C=C/c1ccc(N=Nc2c(S(=O)(=O)O)cc3cc(S(=O)(=O)O)c(N=Nc4ccc(/C=C/C(=O)O)cc4)c(O)c3c2O)cc1. The summed E-state index contributed by atoms with van der Waals surface area (Å²) in [5, 5.41) is 53.6. The lowest BCUT2D eigenvalue weighted by atomic mass is 10.1. The monoisotopic (exact) mass is 668 g/mol. The molecule has 0 amide bonds. The molecule has 0 spiro atoms. The Kier molecular flexibility index (Phi) is 9.38. The molecular formula is C28H20N4O12S2. The van der Waals surface area contributed by atoms with E-state index in [1.54, 1.807) is 0 Å². The standard InChI is InChI=1S/C28H20N4O12S2/c33-22(34)11-5-15-1-7-18(8-2-15)29-31-25-20(45(39,40)41)13-17-14-21(46(42,43)44)26(28(38)24(17)27(25)37)32-30-19-9-3-16(4-10-19)6-12-23(35)36/h1-14,37-38H,(H,33,34)(H,35,36)(H,39,40,41)(H,42,43,44)/b11-5+,12-6+,31-29?,32-30?. The fourth-order valence-corrected chi connectivity index (χ4v) is 5.22. The van der Waals surface area contributed by atoms with Gasteiger partial charge < -0.3 is 20.4 Å². The largest absolute Gasteiger partial charge is 0.505 e. The third-order valence-corrected chi connectivity index (χ3v) is 7.69. The number of hydrogen-bond acceptors (Lipinski definition) is 12. The van der Waals surface area contributed by atoms with Gasteiger partial charge in [0, 0.05) is 12.2 Å². The molecule has 0 saturated heterocycles. The lowest BCUT2D eigenvalue weighted by molar-refractivity contribution is -0.132. The first-order valence-corrected chi connectivity index (χ1v) is 15.3. The number of benzene rings is 4. The van der Waals surface area contributed by atoms with E-state index in [9.17, 15) is 45.7 Å². The molecule has 0 unspecified atom stereocenters. The Balaban J connectivity index is 1.87. The number of phenolic OH excluding ortho intramolecular Hbond substituents is 2. The number of nitrogens with zero attached hydrogens (tertiary/aromatic N) is 4. The van der Waals surface area contributed by atoms with E-state index >= 15 is 0 Å². The van der Waals surface area contributed by atoms with E-state index in [2.05, 4.69) is 20.5 Å². The average Bonchev–Trinajstić information content (AvgIpc) is 2.97. The molecule has 18 heteroatoms. The number of carbonyl (C=O) groups is 2. The quantitative estimate of drug-likeness (QED) is 0.0667. The number of aliphatic carboxylic acids is 2. The normalized spacial score (nSPS) is 12.7. The predicted octanol–water partition coefficient (Wildman–Crippen LogP) is 5.77. The zero-order valence-corrected chi connectivity index (χ0v) is 24.5. The Labute approximate surface area is 259 Å². The van der Waals surface area contributed by atoms with E-state index in [0.29, 0.717) is 23.3 Å². The molecule has 6 N–H and O–H groups in total. The fraction of sp³-hybridized carbons (Fsp3) is 0. The first-order valence-electron chi connectivity index (χ1n) is 12.4. The second-order valence-corrected chi connectivity index (χ2v) is 11.9. The van der Waals surface area contributed by atoms with Gasteiger partial charge in [-0.3, -0.25) is 9.11 Å². The molecule has 0 fully saturated rings. The molecule has 236 valence electrons. The molecule has 0 radical (unpaired) electrons. The Morgan fingerprint density at radius 2 is 0.935 bits per heavy atom. The second kappa shape index (κ2) is 13.0. The van der Waals surface area contributed by atoms with Gasteiger partial charge in [-0.2, -0.15) is 27.1 Å². The first-order chi connectivity index (χ1) is 21.5. The van der Waals surface area contributed by atoms with Crippen LogP contribution >= 0.6 is 0 Å². The van der Waals surface area contributed by atoms with Crippen LogP contribution in [0.25, 0.3) is 22.9 Å². The van der Waals surface area contributed by atoms with Crippen molar-refractivity contribution in [3.63, 3.8) is 0 Å². The molecule has 0 atom stereocenters. The van der Waals surface area contributed by atoms with E-state index in [-0.39, 0.29) is 11.4 Å². The van der Waals surface area contributed by atoms with Crippen molar-refractivity contribution < 1.29 is 56.0 Å². The summed E-state index contributed by atoms with van der Waals surface area (Å²) in [6, 6.07) is 12.7. The van der Waals surface area contributed by atoms with Crippen LogP contribution in [-0.4, -0.2) is 58.3 Å². The molecule has 0 saturated carbocycles. The molecule has 4 rings (SSSR count). The molecule has 4 aromatic carbocycles.